The number of ketones is 1. The van der Waals surface area contributed by atoms with E-state index in [4.69, 9.17) is 4.74 Å². The standard InChI is InChI=1S/C28H25N3O4.ClH/c32-26(29-19-9-10-23-24(15-19)21-6-2-3-7-22(21)27(23)33)16-30-13-11-20(12-14-30)31-25-8-4-1-5-18(25)17-35-28(31)34;/h1-10,15,20H,11-14,16-17H2,(H,29,32);1H. The molecular weight excluding hydrogens is 478 g/mol. The number of halogens is 1. The number of amides is 2. The molecule has 0 aromatic heterocycles. The summed E-state index contributed by atoms with van der Waals surface area (Å²) >= 11 is 0. The summed E-state index contributed by atoms with van der Waals surface area (Å²) in [6, 6.07) is 20.9. The Balaban J connectivity index is 0.00000267. The molecule has 1 fully saturated rings. The summed E-state index contributed by atoms with van der Waals surface area (Å²) in [6.07, 6.45) is 1.25. The van der Waals surface area contributed by atoms with Gasteiger partial charge in [-0.15, -0.1) is 12.4 Å². The van der Waals surface area contributed by atoms with Gasteiger partial charge in [0.1, 0.15) is 6.61 Å². The van der Waals surface area contributed by atoms with Crippen molar-refractivity contribution in [1.82, 2.24) is 4.90 Å². The summed E-state index contributed by atoms with van der Waals surface area (Å²) < 4.78 is 5.38. The van der Waals surface area contributed by atoms with E-state index in [9.17, 15) is 14.4 Å². The summed E-state index contributed by atoms with van der Waals surface area (Å²) in [7, 11) is 0. The number of hydrogen-bond acceptors (Lipinski definition) is 5. The number of hydrogen-bond donors (Lipinski definition) is 1. The van der Waals surface area contributed by atoms with Crippen molar-refractivity contribution in [2.24, 2.45) is 0 Å². The fraction of sp³-hybridized carbons (Fsp3) is 0.250. The molecule has 0 atom stereocenters. The van der Waals surface area contributed by atoms with Crippen LogP contribution in [0.2, 0.25) is 0 Å². The van der Waals surface area contributed by atoms with Crippen LogP contribution in [-0.4, -0.2) is 48.4 Å². The average Bonchev–Trinajstić information content (AvgIpc) is 3.16. The van der Waals surface area contributed by atoms with E-state index < -0.39 is 0 Å². The molecule has 36 heavy (non-hydrogen) atoms. The van der Waals surface area contributed by atoms with Gasteiger partial charge in [-0.1, -0.05) is 42.5 Å². The monoisotopic (exact) mass is 503 g/mol. The van der Waals surface area contributed by atoms with Crippen molar-refractivity contribution < 1.29 is 19.1 Å². The van der Waals surface area contributed by atoms with Crippen LogP contribution < -0.4 is 10.2 Å². The molecule has 1 aliphatic carbocycles. The quantitative estimate of drug-likeness (QED) is 0.429. The molecule has 2 aliphatic heterocycles. The van der Waals surface area contributed by atoms with E-state index in [1.54, 1.807) is 17.0 Å². The maximum atomic E-state index is 12.8. The molecule has 0 bridgehead atoms. The van der Waals surface area contributed by atoms with Crippen LogP contribution in [0.5, 0.6) is 0 Å². The molecule has 3 aliphatic rings. The van der Waals surface area contributed by atoms with E-state index in [0.717, 1.165) is 48.3 Å². The number of ether oxygens (including phenoxy) is 1. The first-order chi connectivity index (χ1) is 17.1. The van der Waals surface area contributed by atoms with Crippen molar-refractivity contribution >= 4 is 41.6 Å². The normalized spacial score (nSPS) is 16.9. The Bertz CT molecular complexity index is 1350. The van der Waals surface area contributed by atoms with Gasteiger partial charge in [-0.3, -0.25) is 19.4 Å². The summed E-state index contributed by atoms with van der Waals surface area (Å²) in [5.41, 5.74) is 5.77. The van der Waals surface area contributed by atoms with Gasteiger partial charge in [0.25, 0.3) is 0 Å². The fourth-order valence-electron chi connectivity index (χ4n) is 5.36. The van der Waals surface area contributed by atoms with Gasteiger partial charge < -0.3 is 10.1 Å². The predicted molar refractivity (Wildman–Crippen MR) is 140 cm³/mol. The number of nitrogens with zero attached hydrogens (tertiary/aromatic N) is 2. The van der Waals surface area contributed by atoms with Crippen molar-refractivity contribution in [3.63, 3.8) is 0 Å². The molecule has 8 heteroatoms. The van der Waals surface area contributed by atoms with Gasteiger partial charge in [0.15, 0.2) is 5.78 Å². The molecule has 0 unspecified atom stereocenters. The first-order valence-corrected chi connectivity index (χ1v) is 11.9. The average molecular weight is 504 g/mol. The summed E-state index contributed by atoms with van der Waals surface area (Å²) in [6.45, 7) is 2.03. The number of anilines is 2. The molecule has 184 valence electrons. The zero-order valence-corrected chi connectivity index (χ0v) is 20.4. The number of likely N-dealkylation sites (tertiary alicyclic amines) is 1. The Labute approximate surface area is 215 Å². The van der Waals surface area contributed by atoms with E-state index in [1.165, 1.54) is 0 Å². The molecule has 1 N–H and O–H groups in total. The number of nitrogens with one attached hydrogen (secondary N) is 1. The highest BCUT2D eigenvalue weighted by atomic mass is 35.5. The van der Waals surface area contributed by atoms with E-state index in [1.807, 2.05) is 54.6 Å². The number of benzene rings is 3. The molecule has 0 spiro atoms. The minimum Gasteiger partial charge on any atom is -0.444 e. The lowest BCUT2D eigenvalue weighted by atomic mass is 10.0. The van der Waals surface area contributed by atoms with E-state index >= 15 is 0 Å². The second-order valence-electron chi connectivity index (χ2n) is 9.24. The minimum atomic E-state index is -0.295. The van der Waals surface area contributed by atoms with Crippen LogP contribution in [0.15, 0.2) is 66.7 Å². The molecule has 7 nitrogen and oxygen atoms in total. The van der Waals surface area contributed by atoms with Gasteiger partial charge in [0.2, 0.25) is 5.91 Å². The highest BCUT2D eigenvalue weighted by Gasteiger charge is 2.34. The number of para-hydroxylation sites is 1. The Kier molecular flexibility index (Phi) is 6.51. The molecule has 2 amide bonds. The lowest BCUT2D eigenvalue weighted by Crippen LogP contribution is -2.50. The van der Waals surface area contributed by atoms with Crippen molar-refractivity contribution in [2.45, 2.75) is 25.5 Å². The molecule has 2 heterocycles. The summed E-state index contributed by atoms with van der Waals surface area (Å²) in [5, 5.41) is 2.98. The molecule has 0 saturated carbocycles. The van der Waals surface area contributed by atoms with Crippen LogP contribution >= 0.6 is 12.4 Å². The Morgan fingerprint density at radius 2 is 1.58 bits per heavy atom. The third-order valence-electron chi connectivity index (χ3n) is 7.10. The van der Waals surface area contributed by atoms with Gasteiger partial charge >= 0.3 is 6.09 Å². The van der Waals surface area contributed by atoms with Gasteiger partial charge in [-0.2, -0.15) is 0 Å². The van der Waals surface area contributed by atoms with E-state index in [-0.39, 0.29) is 42.8 Å². The summed E-state index contributed by atoms with van der Waals surface area (Å²) in [5.74, 6) is -0.0692. The topological polar surface area (TPSA) is 79.0 Å². The largest absolute Gasteiger partial charge is 0.444 e. The van der Waals surface area contributed by atoms with Gasteiger partial charge in [0.05, 0.1) is 12.2 Å². The highest BCUT2D eigenvalue weighted by Crippen LogP contribution is 2.38. The van der Waals surface area contributed by atoms with Gasteiger partial charge in [-0.05, 0) is 48.2 Å². The number of carbonyl (C=O) groups is 3. The zero-order valence-electron chi connectivity index (χ0n) is 19.6. The van der Waals surface area contributed by atoms with Crippen LogP contribution in [-0.2, 0) is 16.1 Å². The summed E-state index contributed by atoms with van der Waals surface area (Å²) in [4.78, 5) is 41.8. The fourth-order valence-corrected chi connectivity index (χ4v) is 5.36. The van der Waals surface area contributed by atoms with Crippen LogP contribution in [0.4, 0.5) is 16.2 Å². The maximum Gasteiger partial charge on any atom is 0.414 e. The Hall–Kier alpha value is -3.68. The lowest BCUT2D eigenvalue weighted by Gasteiger charge is -2.40. The second-order valence-corrected chi connectivity index (χ2v) is 9.24. The number of fused-ring (bicyclic) bond motifs is 4. The van der Waals surface area contributed by atoms with Gasteiger partial charge in [-0.25, -0.2) is 4.79 Å². The smallest absolute Gasteiger partial charge is 0.414 e. The van der Waals surface area contributed by atoms with Gasteiger partial charge in [0, 0.05) is 41.5 Å². The maximum absolute atomic E-state index is 12.8. The van der Waals surface area contributed by atoms with Crippen LogP contribution in [0, 0.1) is 0 Å². The van der Waals surface area contributed by atoms with Crippen molar-refractivity contribution in [3.05, 3.63) is 83.4 Å². The van der Waals surface area contributed by atoms with Crippen molar-refractivity contribution in [2.75, 3.05) is 29.9 Å². The first-order valence-electron chi connectivity index (χ1n) is 11.9. The third kappa shape index (κ3) is 4.25. The van der Waals surface area contributed by atoms with Crippen molar-refractivity contribution in [3.8, 4) is 11.1 Å². The van der Waals surface area contributed by atoms with Crippen LogP contribution in [0.1, 0.15) is 34.3 Å². The molecule has 0 radical (unpaired) electrons. The minimum absolute atomic E-state index is 0. The molecule has 6 rings (SSSR count). The Morgan fingerprint density at radius 3 is 2.39 bits per heavy atom. The highest BCUT2D eigenvalue weighted by molar-refractivity contribution is 6.22. The second kappa shape index (κ2) is 9.76. The van der Waals surface area contributed by atoms with Crippen LogP contribution in [0.3, 0.4) is 0 Å². The SMILES string of the molecule is Cl.O=C(CN1CCC(N2C(=O)OCc3ccccc32)CC1)Nc1ccc2c(c1)-c1ccccc1C2=O. The zero-order chi connectivity index (χ0) is 23.9. The van der Waals surface area contributed by atoms with Crippen LogP contribution in [0.25, 0.3) is 11.1 Å². The molecule has 3 aromatic rings. The molecule has 3 aromatic carbocycles. The first kappa shape index (κ1) is 24.0. The molecule has 1 saturated heterocycles. The number of rotatable bonds is 4. The van der Waals surface area contributed by atoms with E-state index in [0.29, 0.717) is 23.4 Å². The number of piperidine rings is 1. The lowest BCUT2D eigenvalue weighted by molar-refractivity contribution is -0.117. The number of cyclic esters (lactones) is 1. The molecular formula is C28H26ClN3O4. The van der Waals surface area contributed by atoms with Crippen molar-refractivity contribution in [1.29, 1.82) is 0 Å². The third-order valence-corrected chi connectivity index (χ3v) is 7.10. The predicted octanol–water partition coefficient (Wildman–Crippen LogP) is 4.88. The Morgan fingerprint density at radius 1 is 0.889 bits per heavy atom. The number of carbonyl (C=O) groups excluding carboxylic acids is 3. The van der Waals surface area contributed by atoms with E-state index in [2.05, 4.69) is 10.2 Å².